The molecule has 1 aromatic carbocycles. The summed E-state index contributed by atoms with van der Waals surface area (Å²) >= 11 is 0. The maximum absolute atomic E-state index is 12.6. The Kier molecular flexibility index (Phi) is 4.15. The molecular formula is C17H20NO5-. The molecule has 6 heteroatoms. The molecule has 2 aliphatic rings. The fourth-order valence-electron chi connectivity index (χ4n) is 4.15. The summed E-state index contributed by atoms with van der Waals surface area (Å²) in [6.45, 7) is 0. The van der Waals surface area contributed by atoms with E-state index >= 15 is 0 Å². The zero-order chi connectivity index (χ0) is 16.6. The Balaban J connectivity index is 1.78. The second kappa shape index (κ2) is 6.10. The van der Waals surface area contributed by atoms with Gasteiger partial charge in [-0.15, -0.1) is 0 Å². The van der Waals surface area contributed by atoms with Crippen LogP contribution in [-0.4, -0.2) is 26.1 Å². The highest BCUT2D eigenvalue weighted by Crippen LogP contribution is 2.52. The predicted molar refractivity (Wildman–Crippen MR) is 81.0 cm³/mol. The molecule has 4 atom stereocenters. The van der Waals surface area contributed by atoms with Crippen LogP contribution in [0, 0.1) is 23.7 Å². The number of carboxylic acid groups (broad SMARTS) is 1. The van der Waals surface area contributed by atoms with Gasteiger partial charge in [-0.1, -0.05) is 0 Å². The summed E-state index contributed by atoms with van der Waals surface area (Å²) in [4.78, 5) is 24.0. The summed E-state index contributed by atoms with van der Waals surface area (Å²) in [5, 5.41) is 14.2. The van der Waals surface area contributed by atoms with E-state index < -0.39 is 17.8 Å². The van der Waals surface area contributed by atoms with Gasteiger partial charge in [0.05, 0.1) is 14.2 Å². The van der Waals surface area contributed by atoms with E-state index in [-0.39, 0.29) is 17.7 Å². The van der Waals surface area contributed by atoms with Crippen molar-refractivity contribution in [1.29, 1.82) is 0 Å². The maximum atomic E-state index is 12.6. The molecule has 0 radical (unpaired) electrons. The van der Waals surface area contributed by atoms with Crippen LogP contribution in [0.5, 0.6) is 11.5 Å². The molecule has 2 fully saturated rings. The van der Waals surface area contributed by atoms with Crippen molar-refractivity contribution in [1.82, 2.24) is 0 Å². The fraction of sp³-hybridized carbons (Fsp3) is 0.529. The van der Waals surface area contributed by atoms with Crippen LogP contribution >= 0.6 is 0 Å². The van der Waals surface area contributed by atoms with E-state index in [4.69, 9.17) is 9.47 Å². The number of carboxylic acids is 1. The van der Waals surface area contributed by atoms with Crippen LogP contribution in [0.15, 0.2) is 18.2 Å². The molecule has 0 saturated heterocycles. The van der Waals surface area contributed by atoms with Crippen LogP contribution in [0.4, 0.5) is 5.69 Å². The highest BCUT2D eigenvalue weighted by molar-refractivity contribution is 5.96. The van der Waals surface area contributed by atoms with E-state index in [1.54, 1.807) is 18.2 Å². The summed E-state index contributed by atoms with van der Waals surface area (Å²) in [7, 11) is 3.06. The van der Waals surface area contributed by atoms with E-state index in [0.29, 0.717) is 17.2 Å². The summed E-state index contributed by atoms with van der Waals surface area (Å²) in [5.41, 5.74) is 0.563. The third-order valence-corrected chi connectivity index (χ3v) is 5.14. The lowest BCUT2D eigenvalue weighted by atomic mass is 9.78. The first-order valence-corrected chi connectivity index (χ1v) is 7.79. The standard InChI is InChI=1S/C17H21NO5/c1-22-12-6-5-11(8-13(12)23-2)18-16(19)14-9-3-4-10(7-9)15(14)17(20)21/h5-6,8-10,14-15H,3-4,7H2,1-2H3,(H,18,19)(H,20,21)/p-1/t9-,10+,14-,15+/m1/s1. The Hall–Kier alpha value is -2.24. The average molecular weight is 318 g/mol. The number of fused-ring (bicyclic) bond motifs is 2. The normalized spacial score (nSPS) is 28.4. The van der Waals surface area contributed by atoms with E-state index in [9.17, 15) is 14.7 Å². The lowest BCUT2D eigenvalue weighted by molar-refractivity contribution is -0.314. The summed E-state index contributed by atoms with van der Waals surface area (Å²) < 4.78 is 10.4. The minimum atomic E-state index is -1.11. The number of hydrogen-bond donors (Lipinski definition) is 1. The molecule has 2 saturated carbocycles. The molecule has 0 aromatic heterocycles. The van der Waals surface area contributed by atoms with Crippen LogP contribution in [0.2, 0.25) is 0 Å². The molecule has 1 aromatic rings. The first-order valence-electron chi connectivity index (χ1n) is 7.79. The number of benzene rings is 1. The number of carbonyl (C=O) groups excluding carboxylic acids is 2. The number of aliphatic carboxylic acids is 1. The van der Waals surface area contributed by atoms with Crippen molar-refractivity contribution in [3.63, 3.8) is 0 Å². The van der Waals surface area contributed by atoms with Gasteiger partial charge in [0.15, 0.2) is 11.5 Å². The third kappa shape index (κ3) is 2.73. The van der Waals surface area contributed by atoms with Crippen molar-refractivity contribution in [3.05, 3.63) is 18.2 Å². The number of nitrogens with one attached hydrogen (secondary N) is 1. The highest BCUT2D eigenvalue weighted by Gasteiger charge is 2.51. The van der Waals surface area contributed by atoms with Crippen LogP contribution in [0.25, 0.3) is 0 Å². The van der Waals surface area contributed by atoms with Crippen molar-refractivity contribution < 1.29 is 24.2 Å². The Morgan fingerprint density at radius 1 is 1.09 bits per heavy atom. The largest absolute Gasteiger partial charge is 0.550 e. The van der Waals surface area contributed by atoms with Crippen LogP contribution < -0.4 is 19.9 Å². The number of amides is 1. The molecule has 3 rings (SSSR count). The Morgan fingerprint density at radius 3 is 2.35 bits per heavy atom. The molecular weight excluding hydrogens is 298 g/mol. The number of rotatable bonds is 5. The van der Waals surface area contributed by atoms with Gasteiger partial charge in [0.1, 0.15) is 0 Å². The monoisotopic (exact) mass is 318 g/mol. The Bertz CT molecular complexity index is 629. The van der Waals surface area contributed by atoms with Crippen molar-refractivity contribution >= 4 is 17.6 Å². The average Bonchev–Trinajstić information content (AvgIpc) is 3.15. The van der Waals surface area contributed by atoms with Gasteiger partial charge in [-0.3, -0.25) is 4.79 Å². The number of ether oxygens (including phenoxy) is 2. The lowest BCUT2D eigenvalue weighted by Crippen LogP contribution is -2.43. The molecule has 2 bridgehead atoms. The summed E-state index contributed by atoms with van der Waals surface area (Å²) in [6.07, 6.45) is 2.60. The van der Waals surface area contributed by atoms with E-state index in [1.165, 1.54) is 14.2 Å². The second-order valence-corrected chi connectivity index (χ2v) is 6.26. The first kappa shape index (κ1) is 15.6. The molecule has 6 nitrogen and oxygen atoms in total. The van der Waals surface area contributed by atoms with Gasteiger partial charge in [-0.2, -0.15) is 0 Å². The van der Waals surface area contributed by atoms with Gasteiger partial charge >= 0.3 is 0 Å². The molecule has 0 unspecified atom stereocenters. The van der Waals surface area contributed by atoms with E-state index in [2.05, 4.69) is 5.32 Å². The number of methoxy groups -OCH3 is 2. The zero-order valence-electron chi connectivity index (χ0n) is 13.2. The molecule has 1 N–H and O–H groups in total. The molecule has 0 heterocycles. The number of carbonyl (C=O) groups is 2. The first-order chi connectivity index (χ1) is 11.0. The quantitative estimate of drug-likeness (QED) is 0.877. The van der Waals surface area contributed by atoms with Gasteiger partial charge in [-0.05, 0) is 43.2 Å². The number of hydrogen-bond acceptors (Lipinski definition) is 5. The van der Waals surface area contributed by atoms with E-state index in [0.717, 1.165) is 19.3 Å². The molecule has 1 amide bonds. The fourth-order valence-corrected chi connectivity index (χ4v) is 4.15. The highest BCUT2D eigenvalue weighted by atomic mass is 16.5. The molecule has 0 spiro atoms. The van der Waals surface area contributed by atoms with Gasteiger partial charge in [0, 0.05) is 29.6 Å². The van der Waals surface area contributed by atoms with Gasteiger partial charge in [-0.25, -0.2) is 0 Å². The molecule has 0 aliphatic heterocycles. The molecule has 124 valence electrons. The van der Waals surface area contributed by atoms with Gasteiger partial charge in [0.25, 0.3) is 0 Å². The SMILES string of the molecule is COc1ccc(NC(=O)[C@@H]2[C@@H]3CC[C@@H](C3)[C@@H]2C(=O)[O-])cc1OC. The maximum Gasteiger partial charge on any atom is 0.228 e. The predicted octanol–water partition coefficient (Wildman–Crippen LogP) is 1.05. The minimum absolute atomic E-state index is 0.0751. The smallest absolute Gasteiger partial charge is 0.228 e. The van der Waals surface area contributed by atoms with Crippen molar-refractivity contribution in [2.45, 2.75) is 19.3 Å². The summed E-state index contributed by atoms with van der Waals surface area (Å²) in [6, 6.07) is 5.07. The van der Waals surface area contributed by atoms with Gasteiger partial charge in [0.2, 0.25) is 5.91 Å². The Morgan fingerprint density at radius 2 is 1.74 bits per heavy atom. The van der Waals surface area contributed by atoms with Crippen LogP contribution in [0.1, 0.15) is 19.3 Å². The van der Waals surface area contributed by atoms with Crippen molar-refractivity contribution in [2.24, 2.45) is 23.7 Å². The third-order valence-electron chi connectivity index (χ3n) is 5.14. The van der Waals surface area contributed by atoms with Crippen molar-refractivity contribution in [2.75, 3.05) is 19.5 Å². The van der Waals surface area contributed by atoms with Crippen molar-refractivity contribution in [3.8, 4) is 11.5 Å². The molecule has 2 aliphatic carbocycles. The minimum Gasteiger partial charge on any atom is -0.550 e. The topological polar surface area (TPSA) is 87.7 Å². The number of anilines is 1. The van der Waals surface area contributed by atoms with E-state index in [1.807, 2.05) is 0 Å². The second-order valence-electron chi connectivity index (χ2n) is 6.26. The molecule has 23 heavy (non-hydrogen) atoms. The van der Waals surface area contributed by atoms with Crippen LogP contribution in [-0.2, 0) is 9.59 Å². The summed E-state index contributed by atoms with van der Waals surface area (Å²) in [5.74, 6) is -1.24. The lowest BCUT2D eigenvalue weighted by Gasteiger charge is -2.30. The zero-order valence-corrected chi connectivity index (χ0v) is 13.2. The Labute approximate surface area is 134 Å². The van der Waals surface area contributed by atoms with Crippen LogP contribution in [0.3, 0.4) is 0 Å². The van der Waals surface area contributed by atoms with Gasteiger partial charge < -0.3 is 24.7 Å².